The summed E-state index contributed by atoms with van der Waals surface area (Å²) in [4.78, 5) is 4.09. The summed E-state index contributed by atoms with van der Waals surface area (Å²) < 4.78 is 16.9. The quantitative estimate of drug-likeness (QED) is 0.385. The van der Waals surface area contributed by atoms with Gasteiger partial charge in [-0.2, -0.15) is 5.26 Å². The molecule has 2 aromatic carbocycles. The van der Waals surface area contributed by atoms with Gasteiger partial charge in [0.05, 0.1) is 6.61 Å². The van der Waals surface area contributed by atoms with Gasteiger partial charge in [-0.1, -0.05) is 30.3 Å². The minimum Gasteiger partial charge on any atom is -0.489 e. The van der Waals surface area contributed by atoms with Gasteiger partial charge in [0.2, 0.25) is 5.88 Å². The molecular weight excluding hydrogens is 394 g/mol. The van der Waals surface area contributed by atoms with Crippen LogP contribution in [0.3, 0.4) is 0 Å². The van der Waals surface area contributed by atoms with E-state index in [0.717, 1.165) is 11.3 Å². The van der Waals surface area contributed by atoms with Crippen LogP contribution in [-0.2, 0) is 11.2 Å². The Morgan fingerprint density at radius 1 is 1.10 bits per heavy atom. The first kappa shape index (κ1) is 20.8. The molecule has 7 heteroatoms. The maximum absolute atomic E-state index is 10.4. The van der Waals surface area contributed by atoms with Gasteiger partial charge in [0.1, 0.15) is 36.0 Å². The largest absolute Gasteiger partial charge is 0.489 e. The first-order valence-electron chi connectivity index (χ1n) is 10.1. The van der Waals surface area contributed by atoms with E-state index in [2.05, 4.69) is 16.4 Å². The molecule has 0 bridgehead atoms. The lowest BCUT2D eigenvalue weighted by molar-refractivity contribution is 0.0561. The number of ether oxygens (including phenoxy) is 3. The van der Waals surface area contributed by atoms with E-state index in [1.165, 1.54) is 0 Å². The van der Waals surface area contributed by atoms with Crippen molar-refractivity contribution in [1.82, 2.24) is 10.3 Å². The average molecular weight is 417 g/mol. The Morgan fingerprint density at radius 2 is 1.87 bits per heavy atom. The van der Waals surface area contributed by atoms with E-state index in [-0.39, 0.29) is 5.88 Å². The zero-order valence-electron chi connectivity index (χ0n) is 16.9. The summed E-state index contributed by atoms with van der Waals surface area (Å²) in [6.07, 6.45) is 2.07. The second-order valence-electron chi connectivity index (χ2n) is 7.30. The Kier molecular flexibility index (Phi) is 6.43. The van der Waals surface area contributed by atoms with E-state index in [1.807, 2.05) is 54.6 Å². The molecule has 2 atom stereocenters. The predicted octanol–water partition coefficient (Wildman–Crippen LogP) is 3.39. The Labute approximate surface area is 180 Å². The molecule has 1 aromatic heterocycles. The summed E-state index contributed by atoms with van der Waals surface area (Å²) in [5, 5.41) is 22.6. The van der Waals surface area contributed by atoms with Crippen LogP contribution in [0.1, 0.15) is 17.5 Å². The van der Waals surface area contributed by atoms with Gasteiger partial charge in [0, 0.05) is 6.20 Å². The number of para-hydroxylation sites is 1. The van der Waals surface area contributed by atoms with Gasteiger partial charge in [-0.3, -0.25) is 5.32 Å². The van der Waals surface area contributed by atoms with Crippen molar-refractivity contribution < 1.29 is 19.3 Å². The lowest BCUT2D eigenvalue weighted by Gasteiger charge is -2.19. The molecule has 0 amide bonds. The molecule has 1 aliphatic rings. The van der Waals surface area contributed by atoms with Crippen LogP contribution >= 0.6 is 0 Å². The van der Waals surface area contributed by atoms with Crippen molar-refractivity contribution in [3.63, 3.8) is 0 Å². The number of hydrogen-bond acceptors (Lipinski definition) is 7. The number of nitrogens with zero attached hydrogens (tertiary/aromatic N) is 2. The van der Waals surface area contributed by atoms with Crippen molar-refractivity contribution in [2.24, 2.45) is 0 Å². The number of aliphatic hydroxyl groups is 1. The Bertz CT molecular complexity index is 1030. The first-order chi connectivity index (χ1) is 15.2. The number of aromatic nitrogens is 1. The number of epoxide rings is 1. The molecule has 1 fully saturated rings. The molecular formula is C24H23N3O4. The maximum atomic E-state index is 10.4. The van der Waals surface area contributed by atoms with Crippen molar-refractivity contribution in [2.75, 3.05) is 13.2 Å². The van der Waals surface area contributed by atoms with Crippen molar-refractivity contribution >= 4 is 0 Å². The van der Waals surface area contributed by atoms with E-state index in [1.54, 1.807) is 18.3 Å². The van der Waals surface area contributed by atoms with Crippen molar-refractivity contribution in [3.05, 3.63) is 84.1 Å². The second kappa shape index (κ2) is 9.58. The number of nitrogens with one attached hydrogen (secondary N) is 1. The third kappa shape index (κ3) is 5.80. The number of benzene rings is 2. The molecule has 0 spiro atoms. The summed E-state index contributed by atoms with van der Waals surface area (Å²) in [5.74, 6) is 1.65. The molecule has 1 aliphatic heterocycles. The maximum Gasteiger partial charge on any atom is 0.237 e. The molecule has 1 unspecified atom stereocenters. The predicted molar refractivity (Wildman–Crippen MR) is 114 cm³/mol. The second-order valence-corrected chi connectivity index (χ2v) is 7.30. The highest BCUT2D eigenvalue weighted by Gasteiger charge is 2.47. The smallest absolute Gasteiger partial charge is 0.237 e. The number of aryl methyl sites for hydroxylation is 1. The van der Waals surface area contributed by atoms with Crippen LogP contribution in [0.5, 0.6) is 17.4 Å². The molecule has 7 nitrogen and oxygen atoms in total. The van der Waals surface area contributed by atoms with Crippen LogP contribution in [0.4, 0.5) is 0 Å². The Hall–Kier alpha value is -3.44. The number of pyridine rings is 1. The van der Waals surface area contributed by atoms with Crippen LogP contribution in [0, 0.1) is 11.3 Å². The third-order valence-corrected chi connectivity index (χ3v) is 4.87. The van der Waals surface area contributed by atoms with Gasteiger partial charge in [0.15, 0.2) is 5.72 Å². The number of rotatable bonds is 10. The molecule has 4 rings (SSSR count). The number of aliphatic hydroxyl groups excluding tert-OH is 1. The fraction of sp³-hybridized carbons (Fsp3) is 0.250. The highest BCUT2D eigenvalue weighted by Crippen LogP contribution is 2.26. The lowest BCUT2D eigenvalue weighted by Crippen LogP contribution is -2.45. The molecule has 1 saturated heterocycles. The van der Waals surface area contributed by atoms with E-state index in [0.29, 0.717) is 37.4 Å². The zero-order chi connectivity index (χ0) is 21.5. The number of nitriles is 1. The average Bonchev–Trinajstić information content (AvgIpc) is 3.58. The SMILES string of the molecule is N#Cc1cccnc1Oc1ccc(CCC(O)N[C@]2(COc3ccccc3)CO2)cc1. The molecule has 0 aliphatic carbocycles. The van der Waals surface area contributed by atoms with E-state index < -0.39 is 12.0 Å². The standard InChI is InChI=1S/C24H23N3O4/c25-15-19-5-4-14-26-23(19)31-21-11-8-18(9-12-21)10-13-22(28)27-24(17-30-24)16-29-20-6-2-1-3-7-20/h1-9,11-12,14,22,27-28H,10,13,16-17H2/t22?,24-/m0/s1. The van der Waals surface area contributed by atoms with Crippen LogP contribution in [0.2, 0.25) is 0 Å². The summed E-state index contributed by atoms with van der Waals surface area (Å²) in [7, 11) is 0. The van der Waals surface area contributed by atoms with Crippen LogP contribution < -0.4 is 14.8 Å². The first-order valence-corrected chi connectivity index (χ1v) is 10.1. The highest BCUT2D eigenvalue weighted by atomic mass is 16.6. The fourth-order valence-corrected chi connectivity index (χ4v) is 3.08. The molecule has 0 radical (unpaired) electrons. The topological polar surface area (TPSA) is 99.9 Å². The van der Waals surface area contributed by atoms with Gasteiger partial charge < -0.3 is 19.3 Å². The van der Waals surface area contributed by atoms with Crippen LogP contribution in [0.15, 0.2) is 72.9 Å². The Balaban J connectivity index is 1.24. The Morgan fingerprint density at radius 3 is 2.58 bits per heavy atom. The summed E-state index contributed by atoms with van der Waals surface area (Å²) in [5.41, 5.74) is 0.808. The van der Waals surface area contributed by atoms with Crippen molar-refractivity contribution in [3.8, 4) is 23.4 Å². The lowest BCUT2D eigenvalue weighted by atomic mass is 10.1. The molecule has 158 valence electrons. The van der Waals surface area contributed by atoms with Gasteiger partial charge in [0.25, 0.3) is 0 Å². The third-order valence-electron chi connectivity index (χ3n) is 4.87. The molecule has 31 heavy (non-hydrogen) atoms. The highest BCUT2D eigenvalue weighted by molar-refractivity contribution is 5.40. The van der Waals surface area contributed by atoms with E-state index >= 15 is 0 Å². The molecule has 2 N–H and O–H groups in total. The molecule has 0 saturated carbocycles. The summed E-state index contributed by atoms with van der Waals surface area (Å²) in [6, 6.07) is 22.4. The van der Waals surface area contributed by atoms with E-state index in [9.17, 15) is 5.11 Å². The number of hydrogen-bond donors (Lipinski definition) is 2. The fourth-order valence-electron chi connectivity index (χ4n) is 3.08. The van der Waals surface area contributed by atoms with E-state index in [4.69, 9.17) is 19.5 Å². The summed E-state index contributed by atoms with van der Waals surface area (Å²) in [6.45, 7) is 0.833. The van der Waals surface area contributed by atoms with Gasteiger partial charge in [-0.05, 0) is 54.8 Å². The molecule has 3 aromatic rings. The van der Waals surface area contributed by atoms with Crippen LogP contribution in [0.25, 0.3) is 0 Å². The summed E-state index contributed by atoms with van der Waals surface area (Å²) >= 11 is 0. The minimum atomic E-state index is -0.718. The van der Waals surface area contributed by atoms with Crippen molar-refractivity contribution in [2.45, 2.75) is 24.8 Å². The van der Waals surface area contributed by atoms with Gasteiger partial charge in [-0.25, -0.2) is 4.98 Å². The van der Waals surface area contributed by atoms with Crippen molar-refractivity contribution in [1.29, 1.82) is 5.26 Å². The monoisotopic (exact) mass is 417 g/mol. The van der Waals surface area contributed by atoms with Gasteiger partial charge in [-0.15, -0.1) is 0 Å². The zero-order valence-corrected chi connectivity index (χ0v) is 16.9. The van der Waals surface area contributed by atoms with Crippen LogP contribution in [-0.4, -0.2) is 35.3 Å². The van der Waals surface area contributed by atoms with Gasteiger partial charge >= 0.3 is 0 Å². The minimum absolute atomic E-state index is 0.282. The molecule has 2 heterocycles. The normalized spacial score (nSPS) is 18.1.